The standard InChI is InChI=1S/C10H16N4O/c11-9-5-8(13-10(15)14-9)4-7-2-1-3-12-6-7/h5,7,12H,1-4,6H2,(H3,11,13,14,15). The molecule has 4 N–H and O–H groups in total. The molecule has 0 amide bonds. The fourth-order valence-corrected chi connectivity index (χ4v) is 2.05. The number of aromatic amines is 1. The molecule has 2 rings (SSSR count). The van der Waals surface area contributed by atoms with Crippen molar-refractivity contribution >= 4 is 5.82 Å². The van der Waals surface area contributed by atoms with E-state index in [9.17, 15) is 4.79 Å². The van der Waals surface area contributed by atoms with Gasteiger partial charge in [-0.1, -0.05) is 0 Å². The Hall–Kier alpha value is -1.36. The highest BCUT2D eigenvalue weighted by atomic mass is 16.1. The molecule has 0 saturated carbocycles. The Bertz CT molecular complexity index is 381. The summed E-state index contributed by atoms with van der Waals surface area (Å²) in [4.78, 5) is 17.4. The smallest absolute Gasteiger partial charge is 0.347 e. The van der Waals surface area contributed by atoms with Gasteiger partial charge in [0.25, 0.3) is 0 Å². The predicted octanol–water partition coefficient (Wildman–Crippen LogP) is -0.106. The minimum atomic E-state index is -0.353. The Morgan fingerprint density at radius 2 is 2.47 bits per heavy atom. The molecule has 1 fully saturated rings. The number of H-pyrrole nitrogens is 1. The second-order valence-electron chi connectivity index (χ2n) is 4.05. The van der Waals surface area contributed by atoms with Crippen molar-refractivity contribution in [3.8, 4) is 0 Å². The average molecular weight is 208 g/mol. The zero-order valence-corrected chi connectivity index (χ0v) is 8.62. The third-order valence-electron chi connectivity index (χ3n) is 2.73. The first kappa shape index (κ1) is 10.2. The van der Waals surface area contributed by atoms with Gasteiger partial charge in [-0.05, 0) is 44.3 Å². The van der Waals surface area contributed by atoms with E-state index in [2.05, 4.69) is 15.3 Å². The molecule has 0 bridgehead atoms. The van der Waals surface area contributed by atoms with Crippen LogP contribution >= 0.6 is 0 Å². The topological polar surface area (TPSA) is 83.8 Å². The highest BCUT2D eigenvalue weighted by Crippen LogP contribution is 2.14. The molecule has 0 spiro atoms. The molecule has 1 aliphatic rings. The van der Waals surface area contributed by atoms with Crippen LogP contribution in [0.2, 0.25) is 0 Å². The average Bonchev–Trinajstić information content (AvgIpc) is 2.17. The van der Waals surface area contributed by atoms with Gasteiger partial charge in [0.15, 0.2) is 0 Å². The molecule has 1 saturated heterocycles. The number of nitrogens with one attached hydrogen (secondary N) is 2. The molecule has 0 radical (unpaired) electrons. The van der Waals surface area contributed by atoms with Crippen LogP contribution in [0.15, 0.2) is 10.9 Å². The molecular weight excluding hydrogens is 192 g/mol. The van der Waals surface area contributed by atoms with Gasteiger partial charge in [0.05, 0.1) is 0 Å². The number of nitrogens with zero attached hydrogens (tertiary/aromatic N) is 1. The highest BCUT2D eigenvalue weighted by Gasteiger charge is 2.14. The summed E-state index contributed by atoms with van der Waals surface area (Å²) in [5.41, 5.74) is 6.05. The third kappa shape index (κ3) is 2.79. The lowest BCUT2D eigenvalue weighted by Crippen LogP contribution is -2.31. The monoisotopic (exact) mass is 208 g/mol. The maximum Gasteiger partial charge on any atom is 0.347 e. The van der Waals surface area contributed by atoms with Crippen LogP contribution in [0.1, 0.15) is 18.5 Å². The summed E-state index contributed by atoms with van der Waals surface area (Å²) in [7, 11) is 0. The molecular formula is C10H16N4O. The number of rotatable bonds is 2. The Kier molecular flexibility index (Phi) is 3.01. The summed E-state index contributed by atoms with van der Waals surface area (Å²) in [5.74, 6) is 0.897. The Morgan fingerprint density at radius 3 is 3.13 bits per heavy atom. The quantitative estimate of drug-likeness (QED) is 0.633. The van der Waals surface area contributed by atoms with Crippen molar-refractivity contribution in [1.82, 2.24) is 15.3 Å². The Morgan fingerprint density at radius 1 is 1.60 bits per heavy atom. The van der Waals surface area contributed by atoms with Crippen LogP contribution in [0, 0.1) is 5.92 Å². The minimum absolute atomic E-state index is 0.303. The number of nitrogens with two attached hydrogens (primary N) is 1. The molecule has 0 aliphatic carbocycles. The lowest BCUT2D eigenvalue weighted by atomic mass is 9.94. The summed E-state index contributed by atoms with van der Waals surface area (Å²) in [5, 5.41) is 3.35. The summed E-state index contributed by atoms with van der Waals surface area (Å²) in [6, 6.07) is 1.75. The number of aromatic nitrogens is 2. The van der Waals surface area contributed by atoms with E-state index < -0.39 is 0 Å². The van der Waals surface area contributed by atoms with E-state index in [4.69, 9.17) is 5.73 Å². The second-order valence-corrected chi connectivity index (χ2v) is 4.05. The molecule has 1 aliphatic heterocycles. The first-order valence-corrected chi connectivity index (χ1v) is 5.30. The van der Waals surface area contributed by atoms with Gasteiger partial charge >= 0.3 is 5.69 Å². The normalized spacial score (nSPS) is 21.5. The zero-order chi connectivity index (χ0) is 10.7. The molecule has 1 aromatic rings. The zero-order valence-electron chi connectivity index (χ0n) is 8.62. The maximum atomic E-state index is 11.1. The molecule has 1 unspecified atom stereocenters. The van der Waals surface area contributed by atoms with Crippen LogP contribution in [-0.2, 0) is 6.42 Å². The molecule has 5 heteroatoms. The van der Waals surface area contributed by atoms with Crippen LogP contribution in [0.3, 0.4) is 0 Å². The van der Waals surface area contributed by atoms with Crippen LogP contribution < -0.4 is 16.7 Å². The van der Waals surface area contributed by atoms with E-state index in [1.807, 2.05) is 0 Å². The van der Waals surface area contributed by atoms with Gasteiger partial charge in [0, 0.05) is 5.69 Å². The number of nitrogen functional groups attached to an aromatic ring is 1. The third-order valence-corrected chi connectivity index (χ3v) is 2.73. The van der Waals surface area contributed by atoms with E-state index >= 15 is 0 Å². The number of anilines is 1. The van der Waals surface area contributed by atoms with Crippen LogP contribution in [0.5, 0.6) is 0 Å². The van der Waals surface area contributed by atoms with Crippen molar-refractivity contribution in [2.45, 2.75) is 19.3 Å². The van der Waals surface area contributed by atoms with Crippen molar-refractivity contribution in [2.24, 2.45) is 5.92 Å². The number of hydrogen-bond donors (Lipinski definition) is 3. The minimum Gasteiger partial charge on any atom is -0.383 e. The molecule has 15 heavy (non-hydrogen) atoms. The fourth-order valence-electron chi connectivity index (χ4n) is 2.05. The van der Waals surface area contributed by atoms with Crippen molar-refractivity contribution in [3.05, 3.63) is 22.2 Å². The summed E-state index contributed by atoms with van der Waals surface area (Å²) in [6.07, 6.45) is 3.28. The van der Waals surface area contributed by atoms with Gasteiger partial charge < -0.3 is 16.0 Å². The van der Waals surface area contributed by atoms with Gasteiger partial charge in [0.2, 0.25) is 0 Å². The first-order valence-electron chi connectivity index (χ1n) is 5.30. The van der Waals surface area contributed by atoms with E-state index in [0.29, 0.717) is 11.7 Å². The largest absolute Gasteiger partial charge is 0.383 e. The first-order chi connectivity index (χ1) is 7.24. The summed E-state index contributed by atoms with van der Waals surface area (Å²) < 4.78 is 0. The highest BCUT2D eigenvalue weighted by molar-refractivity contribution is 5.28. The van der Waals surface area contributed by atoms with Crippen LogP contribution in [0.4, 0.5) is 5.82 Å². The molecule has 0 aromatic carbocycles. The van der Waals surface area contributed by atoms with E-state index in [1.54, 1.807) is 6.07 Å². The second kappa shape index (κ2) is 4.44. The van der Waals surface area contributed by atoms with Crippen molar-refractivity contribution in [3.63, 3.8) is 0 Å². The van der Waals surface area contributed by atoms with E-state index in [1.165, 1.54) is 12.8 Å². The number of hydrogen-bond acceptors (Lipinski definition) is 4. The van der Waals surface area contributed by atoms with Gasteiger partial charge in [-0.25, -0.2) is 4.79 Å². The molecule has 5 nitrogen and oxygen atoms in total. The lowest BCUT2D eigenvalue weighted by molar-refractivity contribution is 0.373. The predicted molar refractivity (Wildman–Crippen MR) is 58.6 cm³/mol. The molecule has 1 aromatic heterocycles. The van der Waals surface area contributed by atoms with E-state index in [0.717, 1.165) is 25.2 Å². The molecule has 2 heterocycles. The Balaban J connectivity index is 2.06. The summed E-state index contributed by atoms with van der Waals surface area (Å²) >= 11 is 0. The summed E-state index contributed by atoms with van der Waals surface area (Å²) in [6.45, 7) is 2.12. The van der Waals surface area contributed by atoms with Gasteiger partial charge in [-0.3, -0.25) is 0 Å². The van der Waals surface area contributed by atoms with E-state index in [-0.39, 0.29) is 5.69 Å². The van der Waals surface area contributed by atoms with Crippen LogP contribution in [-0.4, -0.2) is 23.1 Å². The lowest BCUT2D eigenvalue weighted by Gasteiger charge is -2.22. The Labute approximate surface area is 88.1 Å². The molecule has 1 atom stereocenters. The van der Waals surface area contributed by atoms with Crippen molar-refractivity contribution in [2.75, 3.05) is 18.8 Å². The van der Waals surface area contributed by atoms with Gasteiger partial charge in [-0.2, -0.15) is 4.98 Å². The number of piperidine rings is 1. The van der Waals surface area contributed by atoms with Gasteiger partial charge in [-0.15, -0.1) is 0 Å². The SMILES string of the molecule is Nc1cc(CC2CCCNC2)[nH]c(=O)n1. The van der Waals surface area contributed by atoms with Crippen molar-refractivity contribution < 1.29 is 0 Å². The van der Waals surface area contributed by atoms with Crippen LogP contribution in [0.25, 0.3) is 0 Å². The van der Waals surface area contributed by atoms with Crippen molar-refractivity contribution in [1.29, 1.82) is 0 Å². The maximum absolute atomic E-state index is 11.1. The molecule has 82 valence electrons. The van der Waals surface area contributed by atoms with Gasteiger partial charge in [0.1, 0.15) is 5.82 Å². The fraction of sp³-hybridized carbons (Fsp3) is 0.600.